The molecular weight excluding hydrogens is 161 g/mol. The first kappa shape index (κ1) is 8.64. The van der Waals surface area contributed by atoms with Crippen LogP contribution in [0.15, 0.2) is 18.3 Å². The maximum atomic E-state index is 11.6. The zero-order valence-electron chi connectivity index (χ0n) is 6.37. The monoisotopic (exact) mass is 169 g/mol. The molecule has 0 amide bonds. The van der Waals surface area contributed by atoms with Gasteiger partial charge in [-0.2, -0.15) is 0 Å². The van der Waals surface area contributed by atoms with E-state index in [-0.39, 0.29) is 6.61 Å². The first-order chi connectivity index (χ1) is 5.86. The van der Waals surface area contributed by atoms with Crippen LogP contribution in [0.1, 0.15) is 10.5 Å². The van der Waals surface area contributed by atoms with Crippen LogP contribution in [-0.4, -0.2) is 24.6 Å². The quantitative estimate of drug-likeness (QED) is 0.636. The molecule has 0 aliphatic rings. The average Bonchev–Trinajstić information content (AvgIpc) is 2.15. The van der Waals surface area contributed by atoms with Crippen LogP contribution in [0.5, 0.6) is 5.75 Å². The van der Waals surface area contributed by atoms with Gasteiger partial charge in [-0.3, -0.25) is 4.79 Å². The molecule has 0 aliphatic heterocycles. The number of carbonyl (C=O) groups excluding carboxylic acids is 1. The summed E-state index contributed by atoms with van der Waals surface area (Å²) < 4.78 is 16.5. The minimum atomic E-state index is -0.532. The second-order valence-electron chi connectivity index (χ2n) is 2.07. The van der Waals surface area contributed by atoms with Crippen molar-refractivity contribution in [1.29, 1.82) is 0 Å². The summed E-state index contributed by atoms with van der Waals surface area (Å²) in [5.41, 5.74) is 0.336. The molecule has 1 heterocycles. The van der Waals surface area contributed by atoms with Crippen molar-refractivity contribution in [2.75, 3.05) is 13.3 Å². The van der Waals surface area contributed by atoms with Gasteiger partial charge in [0.25, 0.3) is 0 Å². The highest BCUT2D eigenvalue weighted by atomic mass is 19.1. The third kappa shape index (κ3) is 2.30. The summed E-state index contributed by atoms with van der Waals surface area (Å²) in [6.07, 6.45) is 2.03. The molecule has 64 valence electrons. The fourth-order valence-electron chi connectivity index (χ4n) is 0.703. The van der Waals surface area contributed by atoms with Crippen molar-refractivity contribution in [2.45, 2.75) is 0 Å². The van der Waals surface area contributed by atoms with Crippen molar-refractivity contribution >= 4 is 6.29 Å². The van der Waals surface area contributed by atoms with Crippen LogP contribution < -0.4 is 4.74 Å². The zero-order chi connectivity index (χ0) is 8.81. The largest absolute Gasteiger partial charge is 0.489 e. The van der Waals surface area contributed by atoms with Gasteiger partial charge >= 0.3 is 0 Å². The Kier molecular flexibility index (Phi) is 3.19. The van der Waals surface area contributed by atoms with Gasteiger partial charge in [-0.25, -0.2) is 9.37 Å². The number of ether oxygens (including phenoxy) is 1. The second kappa shape index (κ2) is 4.43. The van der Waals surface area contributed by atoms with E-state index in [9.17, 15) is 9.18 Å². The SMILES string of the molecule is O=Cc1ccc(OCCF)cn1. The molecule has 0 saturated carbocycles. The van der Waals surface area contributed by atoms with E-state index in [2.05, 4.69) is 4.98 Å². The normalized spacial score (nSPS) is 9.42. The minimum Gasteiger partial charge on any atom is -0.489 e. The molecule has 1 rings (SSSR count). The lowest BCUT2D eigenvalue weighted by atomic mass is 10.4. The van der Waals surface area contributed by atoms with Gasteiger partial charge < -0.3 is 4.74 Å². The summed E-state index contributed by atoms with van der Waals surface area (Å²) in [6, 6.07) is 3.09. The summed E-state index contributed by atoms with van der Waals surface area (Å²) in [5.74, 6) is 0.471. The Labute approximate surface area is 69.2 Å². The van der Waals surface area contributed by atoms with Crippen molar-refractivity contribution in [3.05, 3.63) is 24.0 Å². The van der Waals surface area contributed by atoms with E-state index >= 15 is 0 Å². The Bertz CT molecular complexity index is 248. The maximum Gasteiger partial charge on any atom is 0.168 e. The number of aromatic nitrogens is 1. The van der Waals surface area contributed by atoms with Crippen molar-refractivity contribution in [3.8, 4) is 5.75 Å². The van der Waals surface area contributed by atoms with Crippen LogP contribution >= 0.6 is 0 Å². The van der Waals surface area contributed by atoms with E-state index in [0.29, 0.717) is 17.7 Å². The first-order valence-electron chi connectivity index (χ1n) is 3.47. The van der Waals surface area contributed by atoms with Gasteiger partial charge in [-0.05, 0) is 12.1 Å². The molecule has 0 aromatic carbocycles. The van der Waals surface area contributed by atoms with Crippen LogP contribution in [0.4, 0.5) is 4.39 Å². The molecule has 0 unspecified atom stereocenters. The number of hydrogen-bond donors (Lipinski definition) is 0. The van der Waals surface area contributed by atoms with E-state index in [1.165, 1.54) is 12.3 Å². The fraction of sp³-hybridized carbons (Fsp3) is 0.250. The first-order valence-corrected chi connectivity index (χ1v) is 3.47. The molecule has 0 fully saturated rings. The maximum absolute atomic E-state index is 11.6. The van der Waals surface area contributed by atoms with Crippen molar-refractivity contribution < 1.29 is 13.9 Å². The van der Waals surface area contributed by atoms with Gasteiger partial charge in [-0.15, -0.1) is 0 Å². The Morgan fingerprint density at radius 1 is 1.58 bits per heavy atom. The Hall–Kier alpha value is -1.45. The van der Waals surface area contributed by atoms with Gasteiger partial charge in [0.15, 0.2) is 6.29 Å². The number of halogens is 1. The van der Waals surface area contributed by atoms with Gasteiger partial charge in [0, 0.05) is 0 Å². The van der Waals surface area contributed by atoms with E-state index in [1.54, 1.807) is 6.07 Å². The van der Waals surface area contributed by atoms with Crippen LogP contribution in [0.25, 0.3) is 0 Å². The van der Waals surface area contributed by atoms with Gasteiger partial charge in [0.05, 0.1) is 6.20 Å². The molecule has 1 aromatic rings. The van der Waals surface area contributed by atoms with Crippen molar-refractivity contribution in [3.63, 3.8) is 0 Å². The van der Waals surface area contributed by atoms with Crippen LogP contribution in [-0.2, 0) is 0 Å². The predicted octanol–water partition coefficient (Wildman–Crippen LogP) is 1.24. The van der Waals surface area contributed by atoms with Gasteiger partial charge in [0.2, 0.25) is 0 Å². The van der Waals surface area contributed by atoms with Crippen molar-refractivity contribution in [1.82, 2.24) is 4.98 Å². The number of pyridine rings is 1. The smallest absolute Gasteiger partial charge is 0.168 e. The predicted molar refractivity (Wildman–Crippen MR) is 41.1 cm³/mol. The van der Waals surface area contributed by atoms with E-state index in [1.807, 2.05) is 0 Å². The number of nitrogens with zero attached hydrogens (tertiary/aromatic N) is 1. The molecule has 3 nitrogen and oxygen atoms in total. The molecule has 0 saturated heterocycles. The van der Waals surface area contributed by atoms with E-state index in [0.717, 1.165) is 0 Å². The van der Waals surface area contributed by atoms with Crippen LogP contribution in [0.2, 0.25) is 0 Å². The summed E-state index contributed by atoms with van der Waals surface area (Å²) in [5, 5.41) is 0. The third-order valence-corrected chi connectivity index (χ3v) is 1.23. The number of rotatable bonds is 4. The van der Waals surface area contributed by atoms with Gasteiger partial charge in [-0.1, -0.05) is 0 Å². The highest BCUT2D eigenvalue weighted by Crippen LogP contribution is 2.07. The number of alkyl halides is 1. The lowest BCUT2D eigenvalue weighted by molar-refractivity contribution is 0.111. The van der Waals surface area contributed by atoms with Crippen LogP contribution in [0.3, 0.4) is 0 Å². The second-order valence-corrected chi connectivity index (χ2v) is 2.07. The molecule has 0 bridgehead atoms. The number of aldehydes is 1. The number of carbonyl (C=O) groups is 1. The fourth-order valence-corrected chi connectivity index (χ4v) is 0.703. The lowest BCUT2D eigenvalue weighted by Gasteiger charge is -2.01. The molecule has 4 heteroatoms. The molecule has 0 spiro atoms. The Morgan fingerprint density at radius 2 is 2.42 bits per heavy atom. The van der Waals surface area contributed by atoms with E-state index < -0.39 is 6.67 Å². The summed E-state index contributed by atoms with van der Waals surface area (Å²) in [6.45, 7) is -0.516. The third-order valence-electron chi connectivity index (χ3n) is 1.23. The molecule has 0 atom stereocenters. The Balaban J connectivity index is 2.58. The van der Waals surface area contributed by atoms with Crippen molar-refractivity contribution in [2.24, 2.45) is 0 Å². The molecule has 1 aromatic heterocycles. The minimum absolute atomic E-state index is 0.0160. The summed E-state index contributed by atoms with van der Waals surface area (Å²) >= 11 is 0. The molecular formula is C8H8FNO2. The number of hydrogen-bond acceptors (Lipinski definition) is 3. The highest BCUT2D eigenvalue weighted by Gasteiger charge is 1.94. The molecule has 0 N–H and O–H groups in total. The topological polar surface area (TPSA) is 39.2 Å². The standard InChI is InChI=1S/C8H8FNO2/c9-3-4-12-8-2-1-7(6-11)10-5-8/h1-2,5-6H,3-4H2. The summed E-state index contributed by atoms with van der Waals surface area (Å²) in [4.78, 5) is 13.9. The highest BCUT2D eigenvalue weighted by molar-refractivity contribution is 5.71. The molecule has 12 heavy (non-hydrogen) atoms. The average molecular weight is 169 g/mol. The Morgan fingerprint density at radius 3 is 2.92 bits per heavy atom. The molecule has 0 radical (unpaired) electrons. The van der Waals surface area contributed by atoms with E-state index in [4.69, 9.17) is 4.74 Å². The van der Waals surface area contributed by atoms with Gasteiger partial charge in [0.1, 0.15) is 24.7 Å². The molecule has 0 aliphatic carbocycles. The van der Waals surface area contributed by atoms with Crippen LogP contribution in [0, 0.1) is 0 Å². The lowest BCUT2D eigenvalue weighted by Crippen LogP contribution is -1.99. The zero-order valence-corrected chi connectivity index (χ0v) is 6.37. The summed E-state index contributed by atoms with van der Waals surface area (Å²) in [7, 11) is 0.